The number of benzene rings is 1. The van der Waals surface area contributed by atoms with Gasteiger partial charge in [0, 0.05) is 23.5 Å². The van der Waals surface area contributed by atoms with Gasteiger partial charge in [-0.25, -0.2) is 0 Å². The van der Waals surface area contributed by atoms with Gasteiger partial charge in [-0.1, -0.05) is 18.2 Å². The van der Waals surface area contributed by atoms with Crippen LogP contribution in [0.4, 0.5) is 5.69 Å². The molecule has 1 saturated carbocycles. The summed E-state index contributed by atoms with van der Waals surface area (Å²) in [6.45, 7) is 3.79. The van der Waals surface area contributed by atoms with Crippen molar-refractivity contribution < 1.29 is 14.0 Å². The van der Waals surface area contributed by atoms with Crippen LogP contribution in [-0.2, 0) is 9.59 Å². The third-order valence-electron chi connectivity index (χ3n) is 5.40. The van der Waals surface area contributed by atoms with E-state index in [9.17, 15) is 9.59 Å². The number of furan rings is 1. The van der Waals surface area contributed by atoms with Gasteiger partial charge in [0.1, 0.15) is 11.5 Å². The van der Waals surface area contributed by atoms with Gasteiger partial charge in [0.05, 0.1) is 23.7 Å². The van der Waals surface area contributed by atoms with E-state index in [1.807, 2.05) is 44.2 Å². The predicted octanol–water partition coefficient (Wildman–Crippen LogP) is 4.41. The van der Waals surface area contributed by atoms with E-state index >= 15 is 0 Å². The molecule has 1 fully saturated rings. The molecular formula is C22H22N2O3. The average molecular weight is 362 g/mol. The number of ketones is 1. The van der Waals surface area contributed by atoms with E-state index in [0.717, 1.165) is 29.8 Å². The average Bonchev–Trinajstić information content (AvgIpc) is 3.17. The first kappa shape index (κ1) is 17.5. The van der Waals surface area contributed by atoms with Crippen molar-refractivity contribution >= 4 is 23.1 Å². The van der Waals surface area contributed by atoms with Crippen molar-refractivity contribution in [3.05, 3.63) is 65.3 Å². The van der Waals surface area contributed by atoms with Gasteiger partial charge in [-0.3, -0.25) is 14.6 Å². The number of amides is 1. The Morgan fingerprint density at radius 3 is 2.67 bits per heavy atom. The molecule has 1 aromatic heterocycles. The Bertz CT molecular complexity index is 954. The summed E-state index contributed by atoms with van der Waals surface area (Å²) in [5.41, 5.74) is 3.77. The monoisotopic (exact) mass is 362 g/mol. The molecule has 0 bridgehead atoms. The molecule has 2 atom stereocenters. The highest BCUT2D eigenvalue weighted by atomic mass is 16.3. The van der Waals surface area contributed by atoms with E-state index < -0.39 is 11.8 Å². The highest BCUT2D eigenvalue weighted by molar-refractivity contribution is 6.14. The summed E-state index contributed by atoms with van der Waals surface area (Å²) in [6, 6.07) is 11.3. The highest BCUT2D eigenvalue weighted by Gasteiger charge is 2.44. The molecule has 1 aliphatic heterocycles. The van der Waals surface area contributed by atoms with Crippen molar-refractivity contribution in [2.45, 2.75) is 39.0 Å². The molecule has 2 aromatic rings. The predicted molar refractivity (Wildman–Crippen MR) is 104 cm³/mol. The van der Waals surface area contributed by atoms with Crippen molar-refractivity contribution in [3.8, 4) is 0 Å². The van der Waals surface area contributed by atoms with Crippen LogP contribution in [0.15, 0.2) is 63.3 Å². The van der Waals surface area contributed by atoms with E-state index in [-0.39, 0.29) is 11.7 Å². The number of aryl methyl sites for hydroxylation is 1. The molecule has 2 aliphatic rings. The van der Waals surface area contributed by atoms with E-state index in [4.69, 9.17) is 4.42 Å². The third-order valence-corrected chi connectivity index (χ3v) is 5.40. The molecule has 1 aromatic carbocycles. The fourth-order valence-electron chi connectivity index (χ4n) is 4.09. The summed E-state index contributed by atoms with van der Waals surface area (Å²) in [6.07, 6.45) is 3.71. The summed E-state index contributed by atoms with van der Waals surface area (Å²) in [5, 5.41) is 2.99. The van der Waals surface area contributed by atoms with Crippen molar-refractivity contribution in [1.82, 2.24) is 0 Å². The molecular weight excluding hydrogens is 340 g/mol. The Kier molecular flexibility index (Phi) is 4.52. The van der Waals surface area contributed by atoms with Crippen molar-refractivity contribution in [1.29, 1.82) is 0 Å². The van der Waals surface area contributed by atoms with Crippen LogP contribution in [0.25, 0.3) is 0 Å². The standard InChI is InChI=1S/C22H22N2O3/c1-13-7-3-4-8-15(13)24-22(26)19-14(2)23-16-9-5-10-17(25)20(16)21(19)18-11-6-12-27-18/h3-4,6-8,11-12,20-21H,5,9-10H2,1-2H3,(H,24,26). The number of anilines is 1. The molecule has 1 amide bonds. The van der Waals surface area contributed by atoms with E-state index in [1.165, 1.54) is 0 Å². The lowest BCUT2D eigenvalue weighted by molar-refractivity contribution is -0.122. The lowest BCUT2D eigenvalue weighted by atomic mass is 9.71. The minimum absolute atomic E-state index is 0.134. The third kappa shape index (κ3) is 3.14. The van der Waals surface area contributed by atoms with Gasteiger partial charge in [-0.15, -0.1) is 0 Å². The number of carbonyl (C=O) groups is 2. The topological polar surface area (TPSA) is 71.7 Å². The maximum Gasteiger partial charge on any atom is 0.254 e. The second-order valence-corrected chi connectivity index (χ2v) is 7.16. The Balaban J connectivity index is 1.78. The van der Waals surface area contributed by atoms with Gasteiger partial charge < -0.3 is 9.73 Å². The maximum absolute atomic E-state index is 13.2. The summed E-state index contributed by atoms with van der Waals surface area (Å²) in [7, 11) is 0. The molecule has 2 heterocycles. The Labute approximate surface area is 158 Å². The highest BCUT2D eigenvalue weighted by Crippen LogP contribution is 2.43. The first-order chi connectivity index (χ1) is 13.1. The van der Waals surface area contributed by atoms with Crippen molar-refractivity contribution in [2.75, 3.05) is 5.32 Å². The number of hydrogen-bond donors (Lipinski definition) is 1. The maximum atomic E-state index is 13.2. The molecule has 2 unspecified atom stereocenters. The minimum Gasteiger partial charge on any atom is -0.469 e. The van der Waals surface area contributed by atoms with Gasteiger partial charge >= 0.3 is 0 Å². The number of para-hydroxylation sites is 1. The summed E-state index contributed by atoms with van der Waals surface area (Å²) in [5.74, 6) is -0.299. The van der Waals surface area contributed by atoms with E-state index in [2.05, 4.69) is 10.3 Å². The van der Waals surface area contributed by atoms with Crippen molar-refractivity contribution in [2.24, 2.45) is 10.9 Å². The smallest absolute Gasteiger partial charge is 0.254 e. The molecule has 1 N–H and O–H groups in total. The van der Waals surface area contributed by atoms with Gasteiger partial charge in [-0.2, -0.15) is 0 Å². The quantitative estimate of drug-likeness (QED) is 0.879. The summed E-state index contributed by atoms with van der Waals surface area (Å²) >= 11 is 0. The number of aliphatic imine (C=N–C) groups is 1. The van der Waals surface area contributed by atoms with Gasteiger partial charge in [-0.05, 0) is 50.5 Å². The van der Waals surface area contributed by atoms with Crippen LogP contribution in [0.2, 0.25) is 0 Å². The first-order valence-electron chi connectivity index (χ1n) is 9.27. The molecule has 5 heteroatoms. The number of Topliss-reactive ketones (excluding diaryl/α,β-unsaturated/α-hetero) is 1. The molecule has 0 radical (unpaired) electrons. The molecule has 27 heavy (non-hydrogen) atoms. The normalized spacial score (nSPS) is 22.3. The zero-order valence-electron chi connectivity index (χ0n) is 15.5. The molecule has 1 aliphatic carbocycles. The number of hydrogen-bond acceptors (Lipinski definition) is 4. The Morgan fingerprint density at radius 1 is 1.11 bits per heavy atom. The second-order valence-electron chi connectivity index (χ2n) is 7.16. The van der Waals surface area contributed by atoms with Crippen LogP contribution in [0.3, 0.4) is 0 Å². The summed E-state index contributed by atoms with van der Waals surface area (Å²) in [4.78, 5) is 30.6. The Hall–Kier alpha value is -2.95. The number of carbonyl (C=O) groups excluding carboxylic acids is 2. The SMILES string of the molecule is CC1=C(C(=O)Nc2ccccc2C)C(c2ccco2)C2C(=O)CCCC2=N1. The number of rotatable bonds is 3. The zero-order chi connectivity index (χ0) is 19.0. The van der Waals surface area contributed by atoms with E-state index in [1.54, 1.807) is 12.3 Å². The molecule has 5 nitrogen and oxygen atoms in total. The van der Waals surface area contributed by atoms with E-state index in [0.29, 0.717) is 23.5 Å². The molecule has 4 rings (SSSR count). The van der Waals surface area contributed by atoms with Gasteiger partial charge in [0.15, 0.2) is 0 Å². The number of nitrogens with zero attached hydrogens (tertiary/aromatic N) is 1. The van der Waals surface area contributed by atoms with Crippen LogP contribution in [0, 0.1) is 12.8 Å². The van der Waals surface area contributed by atoms with Gasteiger partial charge in [0.25, 0.3) is 5.91 Å². The fraction of sp³-hybridized carbons (Fsp3) is 0.318. The van der Waals surface area contributed by atoms with Crippen LogP contribution in [0.5, 0.6) is 0 Å². The van der Waals surface area contributed by atoms with Crippen LogP contribution >= 0.6 is 0 Å². The minimum atomic E-state index is -0.427. The van der Waals surface area contributed by atoms with Crippen LogP contribution in [0.1, 0.15) is 43.4 Å². The molecule has 0 spiro atoms. The lowest BCUT2D eigenvalue weighted by Gasteiger charge is -2.34. The largest absolute Gasteiger partial charge is 0.469 e. The number of fused-ring (bicyclic) bond motifs is 1. The second kappa shape index (κ2) is 6.99. The summed E-state index contributed by atoms with van der Waals surface area (Å²) < 4.78 is 5.65. The van der Waals surface area contributed by atoms with Gasteiger partial charge in [0.2, 0.25) is 0 Å². The fourth-order valence-corrected chi connectivity index (χ4v) is 4.09. The Morgan fingerprint density at radius 2 is 1.93 bits per heavy atom. The molecule has 0 saturated heterocycles. The van der Waals surface area contributed by atoms with Crippen LogP contribution < -0.4 is 5.32 Å². The first-order valence-corrected chi connectivity index (χ1v) is 9.27. The lowest BCUT2D eigenvalue weighted by Crippen LogP contribution is -2.39. The molecule has 138 valence electrons. The number of allylic oxidation sites excluding steroid dienone is 1. The number of nitrogens with one attached hydrogen (secondary N) is 1. The van der Waals surface area contributed by atoms with Crippen molar-refractivity contribution in [3.63, 3.8) is 0 Å². The van der Waals surface area contributed by atoms with Crippen LogP contribution in [-0.4, -0.2) is 17.4 Å². The zero-order valence-corrected chi connectivity index (χ0v) is 15.5.